The second kappa shape index (κ2) is 8.79. The number of piperidine rings is 1. The van der Waals surface area contributed by atoms with E-state index in [4.69, 9.17) is 4.42 Å². The molecule has 2 aromatic heterocycles. The summed E-state index contributed by atoms with van der Waals surface area (Å²) in [6, 6.07) is 9.38. The Bertz CT molecular complexity index is 1200. The highest BCUT2D eigenvalue weighted by Crippen LogP contribution is 2.27. The molecule has 0 aliphatic carbocycles. The van der Waals surface area contributed by atoms with Gasteiger partial charge in [-0.15, -0.1) is 5.10 Å². The van der Waals surface area contributed by atoms with E-state index in [9.17, 15) is 13.2 Å². The van der Waals surface area contributed by atoms with Crippen LogP contribution >= 0.6 is 0 Å². The second-order valence-electron chi connectivity index (χ2n) is 8.38. The molecule has 9 nitrogen and oxygen atoms in total. The Morgan fingerprint density at radius 1 is 1.06 bits per heavy atom. The Labute approximate surface area is 186 Å². The Hall–Kier alpha value is -3.11. The first kappa shape index (κ1) is 22.1. The first-order chi connectivity index (χ1) is 15.2. The van der Waals surface area contributed by atoms with Crippen LogP contribution in [0.3, 0.4) is 0 Å². The van der Waals surface area contributed by atoms with Crippen LogP contribution in [0.25, 0.3) is 11.6 Å². The van der Waals surface area contributed by atoms with Gasteiger partial charge in [0.1, 0.15) is 5.69 Å². The lowest BCUT2D eigenvalue weighted by Gasteiger charge is -2.34. The molecule has 4 rings (SSSR count). The van der Waals surface area contributed by atoms with Crippen LogP contribution in [0.5, 0.6) is 0 Å². The van der Waals surface area contributed by atoms with E-state index in [0.29, 0.717) is 30.6 Å². The molecule has 0 radical (unpaired) electrons. The standard InChI is InChI=1S/C22H25N5O4S/c1-14-4-9-19(23-11-14)21-25-26-22(31-21)24-20(28)17-5-7-18(8-6-17)32(29,30)27-12-15(2)10-16(3)13-27/h4-9,11,15-16H,10,12-13H2,1-3H3,(H,24,26,28)/t15-,16+. The van der Waals surface area contributed by atoms with E-state index >= 15 is 0 Å². The minimum Gasteiger partial charge on any atom is -0.401 e. The maximum absolute atomic E-state index is 13.0. The maximum Gasteiger partial charge on any atom is 0.322 e. The predicted octanol–water partition coefficient (Wildman–Crippen LogP) is 3.36. The minimum atomic E-state index is -3.61. The summed E-state index contributed by atoms with van der Waals surface area (Å²) in [5.74, 6) is 0.328. The van der Waals surface area contributed by atoms with Crippen molar-refractivity contribution in [1.82, 2.24) is 19.5 Å². The molecule has 0 saturated carbocycles. The highest BCUT2D eigenvalue weighted by molar-refractivity contribution is 7.89. The summed E-state index contributed by atoms with van der Waals surface area (Å²) < 4.78 is 33.0. The topological polar surface area (TPSA) is 118 Å². The molecule has 3 aromatic rings. The van der Waals surface area contributed by atoms with Crippen LogP contribution in [0.4, 0.5) is 6.01 Å². The summed E-state index contributed by atoms with van der Waals surface area (Å²) in [5.41, 5.74) is 1.77. The largest absolute Gasteiger partial charge is 0.401 e. The van der Waals surface area contributed by atoms with Crippen molar-refractivity contribution in [3.63, 3.8) is 0 Å². The molecule has 2 atom stereocenters. The number of nitrogens with zero attached hydrogens (tertiary/aromatic N) is 4. The number of hydrogen-bond donors (Lipinski definition) is 1. The van der Waals surface area contributed by atoms with Gasteiger partial charge in [-0.3, -0.25) is 15.1 Å². The smallest absolute Gasteiger partial charge is 0.322 e. The number of rotatable bonds is 5. The normalized spacial score (nSPS) is 19.6. The van der Waals surface area contributed by atoms with Gasteiger partial charge < -0.3 is 4.42 Å². The van der Waals surface area contributed by atoms with Crippen molar-refractivity contribution in [2.75, 3.05) is 18.4 Å². The summed E-state index contributed by atoms with van der Waals surface area (Å²) in [4.78, 5) is 16.9. The molecule has 3 heterocycles. The average molecular weight is 456 g/mol. The second-order valence-corrected chi connectivity index (χ2v) is 10.3. The maximum atomic E-state index is 13.0. The van der Waals surface area contributed by atoms with Gasteiger partial charge in [-0.2, -0.15) is 4.31 Å². The van der Waals surface area contributed by atoms with Crippen LogP contribution in [0.1, 0.15) is 36.2 Å². The van der Waals surface area contributed by atoms with Gasteiger partial charge in [0.15, 0.2) is 0 Å². The monoisotopic (exact) mass is 455 g/mol. The van der Waals surface area contributed by atoms with Crippen molar-refractivity contribution in [3.05, 3.63) is 53.7 Å². The van der Waals surface area contributed by atoms with E-state index in [-0.39, 0.29) is 22.4 Å². The van der Waals surface area contributed by atoms with Crippen LogP contribution < -0.4 is 5.32 Å². The fraction of sp³-hybridized carbons (Fsp3) is 0.364. The number of pyridine rings is 1. The van der Waals surface area contributed by atoms with E-state index in [1.807, 2.05) is 13.0 Å². The lowest BCUT2D eigenvalue weighted by molar-refractivity contribution is 0.102. The van der Waals surface area contributed by atoms with Gasteiger partial charge in [0.2, 0.25) is 10.0 Å². The van der Waals surface area contributed by atoms with Crippen molar-refractivity contribution in [2.45, 2.75) is 32.1 Å². The number of benzene rings is 1. The fourth-order valence-electron chi connectivity index (χ4n) is 3.87. The van der Waals surface area contributed by atoms with Gasteiger partial charge in [0, 0.05) is 24.8 Å². The number of anilines is 1. The third kappa shape index (κ3) is 4.71. The van der Waals surface area contributed by atoms with E-state index in [1.54, 1.807) is 12.3 Å². The molecular weight excluding hydrogens is 430 g/mol. The minimum absolute atomic E-state index is 0.0691. The molecule has 168 valence electrons. The van der Waals surface area contributed by atoms with Crippen molar-refractivity contribution in [2.24, 2.45) is 11.8 Å². The number of nitrogens with one attached hydrogen (secondary N) is 1. The zero-order valence-electron chi connectivity index (χ0n) is 18.1. The number of aryl methyl sites for hydroxylation is 1. The molecule has 1 fully saturated rings. The predicted molar refractivity (Wildman–Crippen MR) is 118 cm³/mol. The summed E-state index contributed by atoms with van der Waals surface area (Å²) in [7, 11) is -3.61. The molecule has 1 N–H and O–H groups in total. The molecule has 32 heavy (non-hydrogen) atoms. The van der Waals surface area contributed by atoms with Gasteiger partial charge in [-0.05, 0) is 61.1 Å². The summed E-state index contributed by atoms with van der Waals surface area (Å²) in [6.45, 7) is 7.04. The van der Waals surface area contributed by atoms with Crippen molar-refractivity contribution >= 4 is 21.9 Å². The van der Waals surface area contributed by atoms with Gasteiger partial charge >= 0.3 is 6.01 Å². The van der Waals surface area contributed by atoms with E-state index in [0.717, 1.165) is 12.0 Å². The zero-order chi connectivity index (χ0) is 22.9. The Morgan fingerprint density at radius 2 is 1.75 bits per heavy atom. The third-order valence-corrected chi connectivity index (χ3v) is 7.21. The third-order valence-electron chi connectivity index (χ3n) is 5.37. The van der Waals surface area contributed by atoms with Gasteiger partial charge in [-0.25, -0.2) is 8.42 Å². The van der Waals surface area contributed by atoms with Crippen LogP contribution in [-0.2, 0) is 10.0 Å². The highest BCUT2D eigenvalue weighted by Gasteiger charge is 2.31. The van der Waals surface area contributed by atoms with Crippen LogP contribution in [-0.4, -0.2) is 46.9 Å². The Balaban J connectivity index is 1.45. The zero-order valence-corrected chi connectivity index (χ0v) is 19.0. The van der Waals surface area contributed by atoms with Crippen molar-refractivity contribution in [3.8, 4) is 11.6 Å². The first-order valence-corrected chi connectivity index (χ1v) is 11.8. The van der Waals surface area contributed by atoms with Gasteiger partial charge in [-0.1, -0.05) is 25.0 Å². The molecule has 1 aromatic carbocycles. The Kier molecular flexibility index (Phi) is 6.07. The van der Waals surface area contributed by atoms with E-state index in [1.165, 1.54) is 28.6 Å². The molecule has 1 amide bonds. The summed E-state index contributed by atoms with van der Waals surface area (Å²) >= 11 is 0. The fourth-order valence-corrected chi connectivity index (χ4v) is 5.55. The average Bonchev–Trinajstić information content (AvgIpc) is 3.22. The number of sulfonamides is 1. The highest BCUT2D eigenvalue weighted by atomic mass is 32.2. The van der Waals surface area contributed by atoms with Gasteiger partial charge in [0.05, 0.1) is 4.90 Å². The van der Waals surface area contributed by atoms with Crippen LogP contribution in [0, 0.1) is 18.8 Å². The summed E-state index contributed by atoms with van der Waals surface area (Å²) in [6.07, 6.45) is 2.70. The molecule has 1 aliphatic rings. The summed E-state index contributed by atoms with van der Waals surface area (Å²) in [5, 5.41) is 10.2. The van der Waals surface area contributed by atoms with Crippen LogP contribution in [0.15, 0.2) is 51.9 Å². The lowest BCUT2D eigenvalue weighted by Crippen LogP contribution is -2.42. The Morgan fingerprint density at radius 3 is 2.38 bits per heavy atom. The quantitative estimate of drug-likeness (QED) is 0.627. The number of amides is 1. The first-order valence-electron chi connectivity index (χ1n) is 10.4. The van der Waals surface area contributed by atoms with E-state index in [2.05, 4.69) is 34.3 Å². The van der Waals surface area contributed by atoms with Crippen molar-refractivity contribution in [1.29, 1.82) is 0 Å². The number of carbonyl (C=O) groups excluding carboxylic acids is 1. The molecule has 0 bridgehead atoms. The molecule has 1 aliphatic heterocycles. The molecule has 0 unspecified atom stereocenters. The number of aromatic nitrogens is 3. The number of hydrogen-bond acceptors (Lipinski definition) is 7. The molecular formula is C22H25N5O4S. The SMILES string of the molecule is Cc1ccc(-c2nnc(NC(=O)c3ccc(S(=O)(=O)N4C[C@H](C)C[C@H](C)C4)cc3)o2)nc1. The molecule has 0 spiro atoms. The van der Waals surface area contributed by atoms with E-state index < -0.39 is 15.9 Å². The molecule has 1 saturated heterocycles. The lowest BCUT2D eigenvalue weighted by atomic mass is 9.94. The molecule has 10 heteroatoms. The number of carbonyl (C=O) groups is 1. The van der Waals surface area contributed by atoms with Crippen molar-refractivity contribution < 1.29 is 17.6 Å². The van der Waals surface area contributed by atoms with Crippen LogP contribution in [0.2, 0.25) is 0 Å². The van der Waals surface area contributed by atoms with Gasteiger partial charge in [0.25, 0.3) is 11.8 Å².